The van der Waals surface area contributed by atoms with Crippen LogP contribution in [0.2, 0.25) is 0 Å². The number of ether oxygens (including phenoxy) is 4. The molecule has 6 N–H and O–H groups in total. The Hall–Kier alpha value is -4.63. The third-order valence-electron chi connectivity index (χ3n) is 11.0. The molecule has 3 heterocycles. The Morgan fingerprint density at radius 2 is 1.55 bits per heavy atom. The van der Waals surface area contributed by atoms with E-state index in [9.17, 15) is 39.9 Å². The van der Waals surface area contributed by atoms with Gasteiger partial charge < -0.3 is 54.7 Å². The second-order valence-electron chi connectivity index (χ2n) is 14.7. The van der Waals surface area contributed by atoms with Crippen LogP contribution >= 0.6 is 0 Å². The number of aliphatic hydroxyl groups is 3. The van der Waals surface area contributed by atoms with Crippen LogP contribution in [0.3, 0.4) is 0 Å². The molecule has 2 aromatic carbocycles. The highest BCUT2D eigenvalue weighted by Gasteiger charge is 2.49. The number of phenolic OH excluding ortho intramolecular Hbond substituents is 2. The summed E-state index contributed by atoms with van der Waals surface area (Å²) in [5.41, 5.74) is 0.0409. The van der Waals surface area contributed by atoms with Gasteiger partial charge in [0.2, 0.25) is 0 Å². The Kier molecular flexibility index (Phi) is 13.7. The van der Waals surface area contributed by atoms with Gasteiger partial charge in [-0.25, -0.2) is 0 Å². The van der Waals surface area contributed by atoms with E-state index in [4.69, 9.17) is 18.9 Å². The number of methoxy groups -OCH3 is 1. The van der Waals surface area contributed by atoms with E-state index in [0.29, 0.717) is 13.1 Å². The summed E-state index contributed by atoms with van der Waals surface area (Å²) in [7, 11) is 1.44. The first kappa shape index (κ1) is 43.1. The number of phenols is 2. The average molecular weight is 769 g/mol. The van der Waals surface area contributed by atoms with E-state index in [1.54, 1.807) is 44.7 Å². The molecule has 0 fully saturated rings. The quantitative estimate of drug-likeness (QED) is 0.221. The fourth-order valence-corrected chi connectivity index (χ4v) is 7.16. The maximum Gasteiger partial charge on any atom is 0.312 e. The second-order valence-corrected chi connectivity index (χ2v) is 14.7. The summed E-state index contributed by atoms with van der Waals surface area (Å²) in [6, 6.07) is 1.27. The number of fused-ring (bicyclic) bond motifs is 14. The van der Waals surface area contributed by atoms with Gasteiger partial charge in [-0.3, -0.25) is 14.4 Å². The number of hydrogen-bond acceptors (Lipinski definition) is 12. The summed E-state index contributed by atoms with van der Waals surface area (Å²) in [6.45, 7) is 15.3. The molecule has 2 amide bonds. The lowest BCUT2D eigenvalue weighted by Gasteiger charge is -2.36. The summed E-state index contributed by atoms with van der Waals surface area (Å²) in [4.78, 5) is 42.4. The molecule has 14 heteroatoms. The number of anilines is 1. The topological polar surface area (TPSA) is 205 Å². The third kappa shape index (κ3) is 8.47. The molecular formula is C41H56N2O12. The summed E-state index contributed by atoms with van der Waals surface area (Å²) in [5, 5.41) is 59.2. The number of likely N-dealkylation sites (N-methyl/N-ethyl adjacent to an activating group) is 1. The van der Waals surface area contributed by atoms with Gasteiger partial charge in [0.05, 0.1) is 47.3 Å². The molecule has 0 radical (unpaired) electrons. The van der Waals surface area contributed by atoms with Gasteiger partial charge in [0.25, 0.3) is 17.6 Å². The molecule has 5 rings (SSSR count). The summed E-state index contributed by atoms with van der Waals surface area (Å²) < 4.78 is 23.7. The monoisotopic (exact) mass is 768 g/mol. The van der Waals surface area contributed by atoms with E-state index in [1.165, 1.54) is 52.4 Å². The number of rotatable bonds is 6. The minimum atomic E-state index is -1.99. The largest absolute Gasteiger partial charge is 0.507 e. The molecule has 2 aromatic rings. The summed E-state index contributed by atoms with van der Waals surface area (Å²) >= 11 is 0. The summed E-state index contributed by atoms with van der Waals surface area (Å²) in [5.74, 6) is -7.25. The maximum absolute atomic E-state index is 14.3. The molecule has 0 aromatic heterocycles. The normalized spacial score (nSPS) is 31.3. The maximum atomic E-state index is 14.3. The van der Waals surface area contributed by atoms with Crippen molar-refractivity contribution in [2.24, 2.45) is 23.7 Å². The molecule has 0 saturated carbocycles. The fraction of sp³-hybridized carbons (Fsp3) is 0.537. The molecule has 55 heavy (non-hydrogen) atoms. The van der Waals surface area contributed by atoms with E-state index < -0.39 is 83.7 Å². The zero-order chi connectivity index (χ0) is 41.1. The second kappa shape index (κ2) is 17.4. The van der Waals surface area contributed by atoms with E-state index in [-0.39, 0.29) is 50.6 Å². The van der Waals surface area contributed by atoms with Crippen molar-refractivity contribution in [1.82, 2.24) is 4.90 Å². The number of benzene rings is 2. The predicted molar refractivity (Wildman–Crippen MR) is 206 cm³/mol. The molecule has 0 saturated heterocycles. The fourth-order valence-electron chi connectivity index (χ4n) is 7.16. The molecule has 0 aliphatic carbocycles. The zero-order valence-electron chi connectivity index (χ0n) is 33.2. The highest BCUT2D eigenvalue weighted by atomic mass is 16.7. The lowest BCUT2D eigenvalue weighted by Crippen LogP contribution is -2.44. The number of ketones is 1. The molecule has 0 unspecified atom stereocenters. The molecule has 14 nitrogen and oxygen atoms in total. The van der Waals surface area contributed by atoms with Gasteiger partial charge >= 0.3 is 5.79 Å². The van der Waals surface area contributed by atoms with E-state index in [0.717, 1.165) is 0 Å². The molecule has 9 atom stereocenters. The van der Waals surface area contributed by atoms with Gasteiger partial charge in [-0.1, -0.05) is 45.9 Å². The minimum absolute atomic E-state index is 0.0430. The standard InChI is InChI=1S/C41H56N2O12/c1-11-43(12-2)29(44)19-53-28-18-26-37(49)31-30(28)32-38(25(8)36(31)48)55-41(9,39(32)50)54-17-16-27(52-10)22(5)34(46)24(7)35(47)23(6)33(45)20(3)14-13-15-21(4)40(51)42-26/h13-18,20,22-24,27,33-35,45-49H,11-12,19H2,1-10H3,(H,42,51)/b14-13+,17-16+,21-15-/t20-,22-,23-,24+,27+,33+,34-,35+,41+/m1/s1. The van der Waals surface area contributed by atoms with Gasteiger partial charge in [0, 0.05) is 73.4 Å². The number of hydrogen-bond donors (Lipinski definition) is 6. The SMILES string of the molecule is CCN(CC)C(=O)COc1cc2c(O)c3c(O)c(C)c4c(c13)C(=O)[C@@](C)(O/C=C/[C@H](OC)[C@@H](C)[C@@H](O)[C@H](C)[C@@H](O)[C@H](C)[C@@H](O)[C@H](C)/C=C/C=C(/C)C(=O)N2)O4. The number of aliphatic hydroxyl groups excluding tert-OH is 3. The van der Waals surface area contributed by atoms with E-state index in [1.807, 2.05) is 13.8 Å². The molecule has 3 aliphatic rings. The number of amides is 2. The Balaban J connectivity index is 1.92. The number of carbonyl (C=O) groups is 3. The Bertz CT molecular complexity index is 1870. The van der Waals surface area contributed by atoms with Crippen LogP contribution in [0.25, 0.3) is 10.8 Å². The Morgan fingerprint density at radius 3 is 2.16 bits per heavy atom. The van der Waals surface area contributed by atoms with Crippen LogP contribution in [0.1, 0.15) is 71.3 Å². The van der Waals surface area contributed by atoms with Gasteiger partial charge in [0.15, 0.2) is 12.4 Å². The van der Waals surface area contributed by atoms with Crippen molar-refractivity contribution in [3.05, 3.63) is 53.3 Å². The summed E-state index contributed by atoms with van der Waals surface area (Å²) in [6.07, 6.45) is 3.52. The van der Waals surface area contributed by atoms with Crippen molar-refractivity contribution < 1.29 is 58.9 Å². The molecule has 0 spiro atoms. The van der Waals surface area contributed by atoms with Crippen LogP contribution in [-0.4, -0.2) is 105 Å². The van der Waals surface area contributed by atoms with Crippen LogP contribution in [0.15, 0.2) is 42.2 Å². The van der Waals surface area contributed by atoms with Gasteiger partial charge in [0.1, 0.15) is 17.2 Å². The number of carbonyl (C=O) groups excluding carboxylic acids is 3. The third-order valence-corrected chi connectivity index (χ3v) is 11.0. The van der Waals surface area contributed by atoms with Crippen LogP contribution in [0, 0.1) is 30.6 Å². The number of aromatic hydroxyl groups is 2. The Labute approximate surface area is 322 Å². The van der Waals surface area contributed by atoms with Crippen molar-refractivity contribution in [3.8, 4) is 23.0 Å². The van der Waals surface area contributed by atoms with Crippen LogP contribution < -0.4 is 14.8 Å². The predicted octanol–water partition coefficient (Wildman–Crippen LogP) is 4.72. The van der Waals surface area contributed by atoms with Crippen molar-refractivity contribution in [3.63, 3.8) is 0 Å². The van der Waals surface area contributed by atoms with Crippen molar-refractivity contribution >= 4 is 34.1 Å². The van der Waals surface area contributed by atoms with Crippen molar-refractivity contribution in [2.75, 3.05) is 32.1 Å². The van der Waals surface area contributed by atoms with Crippen molar-refractivity contribution in [2.45, 2.75) is 92.5 Å². The number of Topliss-reactive ketones (excluding diaryl/α,β-unsaturated/α-hetero) is 1. The number of allylic oxidation sites excluding steroid dienone is 2. The Morgan fingerprint density at radius 1 is 0.927 bits per heavy atom. The lowest BCUT2D eigenvalue weighted by molar-refractivity contribution is -0.132. The first-order valence-corrected chi connectivity index (χ1v) is 18.6. The molecule has 5 bridgehead atoms. The zero-order valence-corrected chi connectivity index (χ0v) is 33.2. The molecular weight excluding hydrogens is 712 g/mol. The average Bonchev–Trinajstić information content (AvgIpc) is 3.43. The van der Waals surface area contributed by atoms with E-state index >= 15 is 0 Å². The van der Waals surface area contributed by atoms with Gasteiger partial charge in [-0.2, -0.15) is 0 Å². The first-order chi connectivity index (χ1) is 25.8. The van der Waals surface area contributed by atoms with Gasteiger partial charge in [-0.15, -0.1) is 0 Å². The van der Waals surface area contributed by atoms with E-state index in [2.05, 4.69) is 5.32 Å². The highest BCUT2D eigenvalue weighted by Crippen LogP contribution is 2.54. The van der Waals surface area contributed by atoms with Gasteiger partial charge in [-0.05, 0) is 33.8 Å². The van der Waals surface area contributed by atoms with Crippen LogP contribution in [0.5, 0.6) is 23.0 Å². The minimum Gasteiger partial charge on any atom is -0.507 e. The number of nitrogens with one attached hydrogen (secondary N) is 1. The van der Waals surface area contributed by atoms with Crippen LogP contribution in [0.4, 0.5) is 5.69 Å². The van der Waals surface area contributed by atoms with Crippen LogP contribution in [-0.2, 0) is 19.1 Å². The smallest absolute Gasteiger partial charge is 0.312 e. The highest BCUT2D eigenvalue weighted by molar-refractivity contribution is 6.21. The molecule has 302 valence electrons. The molecule has 3 aliphatic heterocycles. The first-order valence-electron chi connectivity index (χ1n) is 18.6. The van der Waals surface area contributed by atoms with Crippen molar-refractivity contribution in [1.29, 1.82) is 0 Å². The lowest BCUT2D eigenvalue weighted by atomic mass is 9.78. The number of nitrogens with zero attached hydrogens (tertiary/aromatic N) is 1.